The largest absolute Gasteiger partial charge is 0.423 e. The van der Waals surface area contributed by atoms with Crippen molar-refractivity contribution in [1.29, 1.82) is 0 Å². The van der Waals surface area contributed by atoms with Crippen LogP contribution in [0.5, 0.6) is 0 Å². The van der Waals surface area contributed by atoms with Crippen molar-refractivity contribution in [2.75, 3.05) is 6.61 Å². The monoisotopic (exact) mass is 334 g/mol. The third-order valence-corrected chi connectivity index (χ3v) is 6.90. The molecule has 0 aromatic heterocycles. The Hall–Kier alpha value is -0.903. The van der Waals surface area contributed by atoms with Crippen molar-refractivity contribution >= 4 is 9.76 Å². The Bertz CT molecular complexity index is 442. The lowest BCUT2D eigenvalue weighted by atomic mass is 9.99. The molecule has 0 bridgehead atoms. The van der Waals surface area contributed by atoms with Gasteiger partial charge in [-0.1, -0.05) is 71.0 Å². The highest BCUT2D eigenvalue weighted by molar-refractivity contribution is 6.32. The van der Waals surface area contributed by atoms with E-state index in [1.807, 2.05) is 24.3 Å². The van der Waals surface area contributed by atoms with E-state index in [4.69, 9.17) is 9.16 Å². The summed E-state index contributed by atoms with van der Waals surface area (Å²) in [5, 5.41) is 0.352. The van der Waals surface area contributed by atoms with Crippen molar-refractivity contribution in [2.24, 2.45) is 11.8 Å². The average molecular weight is 335 g/mol. The topological polar surface area (TPSA) is 18.5 Å². The summed E-state index contributed by atoms with van der Waals surface area (Å²) in [6.45, 7) is 16.7. The fourth-order valence-corrected chi connectivity index (χ4v) is 3.30. The summed E-state index contributed by atoms with van der Waals surface area (Å²) < 4.78 is 12.2. The third-order valence-electron chi connectivity index (χ3n) is 4.85. The highest BCUT2D eigenvalue weighted by Gasteiger charge is 2.24. The number of hydrogen-bond acceptors (Lipinski definition) is 2. The first-order chi connectivity index (χ1) is 10.9. The molecule has 0 amide bonds. The summed E-state index contributed by atoms with van der Waals surface area (Å²) in [7, 11) is -0.528. The summed E-state index contributed by atoms with van der Waals surface area (Å²) >= 11 is 0. The first-order valence-corrected chi connectivity index (χ1v) is 10.0. The van der Waals surface area contributed by atoms with Crippen molar-refractivity contribution in [3.8, 4) is 0 Å². The molecule has 0 aliphatic rings. The maximum atomic E-state index is 6.12. The maximum Gasteiger partial charge on any atom is 0.167 e. The highest BCUT2D eigenvalue weighted by Crippen LogP contribution is 2.32. The molecule has 0 spiro atoms. The number of benzene rings is 1. The summed E-state index contributed by atoms with van der Waals surface area (Å²) in [6, 6.07) is 10.3. The molecule has 0 saturated carbocycles. The Morgan fingerprint density at radius 2 is 1.83 bits per heavy atom. The average Bonchev–Trinajstić information content (AvgIpc) is 2.54. The molecule has 0 radical (unpaired) electrons. The Morgan fingerprint density at radius 1 is 1.17 bits per heavy atom. The molecule has 1 aromatic rings. The lowest BCUT2D eigenvalue weighted by Crippen LogP contribution is -2.26. The first-order valence-electron chi connectivity index (χ1n) is 8.72. The van der Waals surface area contributed by atoms with Crippen LogP contribution in [0.25, 0.3) is 0 Å². The van der Waals surface area contributed by atoms with E-state index in [9.17, 15) is 0 Å². The lowest BCUT2D eigenvalue weighted by Gasteiger charge is -2.29. The number of hydrogen-bond donors (Lipinski definition) is 0. The molecule has 0 heterocycles. The molecule has 3 heteroatoms. The van der Waals surface area contributed by atoms with Gasteiger partial charge in [0.05, 0.1) is 12.7 Å². The highest BCUT2D eigenvalue weighted by atomic mass is 28.2. The lowest BCUT2D eigenvalue weighted by molar-refractivity contribution is 0.00468. The molecule has 0 saturated heterocycles. The van der Waals surface area contributed by atoms with E-state index >= 15 is 0 Å². The predicted octanol–water partition coefficient (Wildman–Crippen LogP) is 4.74. The fraction of sp³-hybridized carbons (Fsp3) is 0.600. The van der Waals surface area contributed by atoms with Gasteiger partial charge in [-0.15, -0.1) is 6.58 Å². The quantitative estimate of drug-likeness (QED) is 0.331. The van der Waals surface area contributed by atoms with Gasteiger partial charge in [-0.2, -0.15) is 0 Å². The van der Waals surface area contributed by atoms with Crippen LogP contribution in [-0.4, -0.2) is 22.5 Å². The second kappa shape index (κ2) is 10.1. The van der Waals surface area contributed by atoms with Crippen LogP contribution >= 0.6 is 0 Å². The van der Waals surface area contributed by atoms with Gasteiger partial charge in [0.2, 0.25) is 0 Å². The van der Waals surface area contributed by atoms with E-state index in [1.165, 1.54) is 5.56 Å². The molecule has 0 aliphatic heterocycles. The summed E-state index contributed by atoms with van der Waals surface area (Å²) in [5.74, 6) is 1.01. The Balaban J connectivity index is 2.41. The van der Waals surface area contributed by atoms with Gasteiger partial charge >= 0.3 is 0 Å². The zero-order valence-electron chi connectivity index (χ0n) is 15.5. The molecular formula is C20H34O2Si. The van der Waals surface area contributed by atoms with Gasteiger partial charge in [0.15, 0.2) is 9.76 Å². The van der Waals surface area contributed by atoms with Gasteiger partial charge in [-0.05, 0) is 22.9 Å². The molecule has 23 heavy (non-hydrogen) atoms. The molecule has 2 atom stereocenters. The van der Waals surface area contributed by atoms with E-state index in [0.717, 1.165) is 13.0 Å². The summed E-state index contributed by atoms with van der Waals surface area (Å²) in [4.78, 5) is 0. The molecule has 130 valence electrons. The van der Waals surface area contributed by atoms with E-state index in [2.05, 4.69) is 53.3 Å². The Labute approximate surface area is 145 Å². The van der Waals surface area contributed by atoms with Crippen molar-refractivity contribution in [1.82, 2.24) is 0 Å². The van der Waals surface area contributed by atoms with E-state index in [1.54, 1.807) is 0 Å². The van der Waals surface area contributed by atoms with Crippen LogP contribution in [0.3, 0.4) is 0 Å². The van der Waals surface area contributed by atoms with Crippen LogP contribution in [0.4, 0.5) is 0 Å². The molecule has 2 nitrogen and oxygen atoms in total. The van der Waals surface area contributed by atoms with E-state index in [0.29, 0.717) is 23.5 Å². The second-order valence-electron chi connectivity index (χ2n) is 7.41. The van der Waals surface area contributed by atoms with Crippen molar-refractivity contribution in [3.05, 3.63) is 48.6 Å². The third kappa shape index (κ3) is 7.47. The molecule has 0 fully saturated rings. The molecule has 0 N–H and O–H groups in total. The van der Waals surface area contributed by atoms with Gasteiger partial charge in [-0.3, -0.25) is 0 Å². The SMILES string of the molecule is C=C[C@H](C)[C@H](CCO[SiH2]C(C)(C)C(C)C)OCc1ccccc1. The van der Waals surface area contributed by atoms with Crippen LogP contribution in [-0.2, 0) is 15.8 Å². The standard InChI is InChI=1S/C20H34O2Si/c1-7-17(4)19(21-15-18-11-9-8-10-12-18)13-14-22-23-20(5,6)16(2)3/h7-12,16-17,19H,1,13-15,23H2,2-6H3/t17-,19-/m0/s1. The minimum Gasteiger partial charge on any atom is -0.423 e. The van der Waals surface area contributed by atoms with E-state index in [-0.39, 0.29) is 6.10 Å². The van der Waals surface area contributed by atoms with Crippen molar-refractivity contribution < 1.29 is 9.16 Å². The maximum absolute atomic E-state index is 6.12. The van der Waals surface area contributed by atoms with Crippen LogP contribution in [0.1, 0.15) is 46.6 Å². The van der Waals surface area contributed by atoms with Crippen LogP contribution in [0.2, 0.25) is 5.04 Å². The fourth-order valence-electron chi connectivity index (χ4n) is 2.13. The minimum atomic E-state index is -0.528. The van der Waals surface area contributed by atoms with Crippen LogP contribution in [0, 0.1) is 11.8 Å². The molecule has 0 unspecified atom stereocenters. The zero-order chi connectivity index (χ0) is 17.3. The summed E-state index contributed by atoms with van der Waals surface area (Å²) in [5.41, 5.74) is 1.21. The Morgan fingerprint density at radius 3 is 2.39 bits per heavy atom. The first kappa shape index (κ1) is 20.1. The Kier molecular flexibility index (Phi) is 8.81. The van der Waals surface area contributed by atoms with Gasteiger partial charge in [0.25, 0.3) is 0 Å². The number of rotatable bonds is 11. The predicted molar refractivity (Wildman–Crippen MR) is 102 cm³/mol. The van der Waals surface area contributed by atoms with Crippen molar-refractivity contribution in [3.63, 3.8) is 0 Å². The van der Waals surface area contributed by atoms with Crippen LogP contribution < -0.4 is 0 Å². The van der Waals surface area contributed by atoms with Crippen molar-refractivity contribution in [2.45, 2.75) is 58.8 Å². The minimum absolute atomic E-state index is 0.170. The van der Waals surface area contributed by atoms with Gasteiger partial charge < -0.3 is 9.16 Å². The second-order valence-corrected chi connectivity index (χ2v) is 9.93. The molecule has 0 aliphatic carbocycles. The smallest absolute Gasteiger partial charge is 0.167 e. The van der Waals surface area contributed by atoms with E-state index < -0.39 is 9.76 Å². The normalized spacial score (nSPS) is 15.2. The number of ether oxygens (including phenoxy) is 1. The molecule has 1 aromatic carbocycles. The summed E-state index contributed by atoms with van der Waals surface area (Å²) in [6.07, 6.45) is 3.08. The van der Waals surface area contributed by atoms with Gasteiger partial charge in [0.1, 0.15) is 0 Å². The zero-order valence-corrected chi connectivity index (χ0v) is 17.0. The van der Waals surface area contributed by atoms with Crippen LogP contribution in [0.15, 0.2) is 43.0 Å². The molecule has 1 rings (SSSR count). The van der Waals surface area contributed by atoms with Gasteiger partial charge in [-0.25, -0.2) is 0 Å². The van der Waals surface area contributed by atoms with Gasteiger partial charge in [0, 0.05) is 12.5 Å². The molecular weight excluding hydrogens is 300 g/mol.